The summed E-state index contributed by atoms with van der Waals surface area (Å²) in [6, 6.07) is 4.42. The van der Waals surface area contributed by atoms with E-state index in [4.69, 9.17) is 0 Å². The SMILES string of the molecule is CCCNC(Cc1cc(Br)ccc1F)C(C)S(C)(=O)=O. The maximum atomic E-state index is 13.8. The Hall–Kier alpha value is -0.460. The third kappa shape index (κ3) is 5.14. The molecule has 0 heterocycles. The van der Waals surface area contributed by atoms with Gasteiger partial charge in [0.25, 0.3) is 0 Å². The second kappa shape index (κ2) is 7.52. The summed E-state index contributed by atoms with van der Waals surface area (Å²) in [5.41, 5.74) is 0.517. The Morgan fingerprint density at radius 1 is 1.40 bits per heavy atom. The van der Waals surface area contributed by atoms with Crippen LogP contribution in [0.25, 0.3) is 0 Å². The smallest absolute Gasteiger partial charge is 0.151 e. The molecular formula is C14H21BrFNO2S. The molecule has 114 valence electrons. The molecule has 1 aromatic rings. The lowest BCUT2D eigenvalue weighted by atomic mass is 10.0. The van der Waals surface area contributed by atoms with Crippen molar-refractivity contribution in [3.8, 4) is 0 Å². The highest BCUT2D eigenvalue weighted by molar-refractivity contribution is 9.10. The lowest BCUT2D eigenvalue weighted by Crippen LogP contribution is -2.44. The van der Waals surface area contributed by atoms with Gasteiger partial charge in [-0.25, -0.2) is 12.8 Å². The summed E-state index contributed by atoms with van der Waals surface area (Å²) in [7, 11) is -3.17. The Morgan fingerprint density at radius 3 is 2.60 bits per heavy atom. The van der Waals surface area contributed by atoms with Crippen LogP contribution in [-0.4, -0.2) is 32.5 Å². The minimum Gasteiger partial charge on any atom is -0.312 e. The van der Waals surface area contributed by atoms with E-state index in [1.807, 2.05) is 6.92 Å². The molecule has 0 aliphatic carbocycles. The van der Waals surface area contributed by atoms with Crippen LogP contribution in [0.1, 0.15) is 25.8 Å². The first-order valence-corrected chi connectivity index (χ1v) is 9.36. The Bertz CT molecular complexity index is 548. The fourth-order valence-corrected chi connectivity index (χ4v) is 3.17. The van der Waals surface area contributed by atoms with E-state index < -0.39 is 15.1 Å². The van der Waals surface area contributed by atoms with Crippen molar-refractivity contribution in [1.29, 1.82) is 0 Å². The molecule has 3 nitrogen and oxygen atoms in total. The topological polar surface area (TPSA) is 46.2 Å². The zero-order valence-corrected chi connectivity index (χ0v) is 14.4. The zero-order chi connectivity index (χ0) is 15.3. The molecule has 6 heteroatoms. The van der Waals surface area contributed by atoms with Crippen LogP contribution < -0.4 is 5.32 Å². The molecule has 0 amide bonds. The van der Waals surface area contributed by atoms with Gasteiger partial charge in [0.15, 0.2) is 9.84 Å². The first kappa shape index (κ1) is 17.6. The molecule has 2 unspecified atom stereocenters. The fourth-order valence-electron chi connectivity index (χ4n) is 1.97. The maximum absolute atomic E-state index is 13.8. The van der Waals surface area contributed by atoms with Crippen LogP contribution in [0.2, 0.25) is 0 Å². The molecule has 1 rings (SSSR count). The van der Waals surface area contributed by atoms with Crippen molar-refractivity contribution in [2.45, 2.75) is 38.0 Å². The minimum absolute atomic E-state index is 0.297. The number of sulfone groups is 1. The highest BCUT2D eigenvalue weighted by atomic mass is 79.9. The summed E-state index contributed by atoms with van der Waals surface area (Å²) in [6.45, 7) is 4.38. The number of hydrogen-bond acceptors (Lipinski definition) is 3. The first-order valence-electron chi connectivity index (χ1n) is 6.62. The third-order valence-electron chi connectivity index (χ3n) is 3.35. The predicted molar refractivity (Wildman–Crippen MR) is 84.2 cm³/mol. The highest BCUT2D eigenvalue weighted by Gasteiger charge is 2.26. The predicted octanol–water partition coefficient (Wildman–Crippen LogP) is 2.93. The van der Waals surface area contributed by atoms with Crippen molar-refractivity contribution in [1.82, 2.24) is 5.32 Å². The van der Waals surface area contributed by atoms with E-state index in [1.165, 1.54) is 12.3 Å². The molecule has 0 aliphatic rings. The summed E-state index contributed by atoms with van der Waals surface area (Å²) < 4.78 is 38.1. The van der Waals surface area contributed by atoms with Crippen molar-refractivity contribution >= 4 is 25.8 Å². The van der Waals surface area contributed by atoms with Crippen molar-refractivity contribution in [3.05, 3.63) is 34.1 Å². The van der Waals surface area contributed by atoms with E-state index in [0.29, 0.717) is 18.5 Å². The van der Waals surface area contributed by atoms with Gasteiger partial charge in [0.2, 0.25) is 0 Å². The second-order valence-electron chi connectivity index (χ2n) is 5.04. The van der Waals surface area contributed by atoms with E-state index in [-0.39, 0.29) is 11.9 Å². The van der Waals surface area contributed by atoms with Gasteiger partial charge in [-0.05, 0) is 50.1 Å². The largest absolute Gasteiger partial charge is 0.312 e. The minimum atomic E-state index is -3.17. The molecule has 2 atom stereocenters. The van der Waals surface area contributed by atoms with Crippen LogP contribution in [0.15, 0.2) is 22.7 Å². The average molecular weight is 366 g/mol. The molecule has 0 saturated heterocycles. The van der Waals surface area contributed by atoms with E-state index in [9.17, 15) is 12.8 Å². The number of nitrogens with one attached hydrogen (secondary N) is 1. The normalized spacial score (nSPS) is 15.1. The van der Waals surface area contributed by atoms with E-state index >= 15 is 0 Å². The zero-order valence-electron chi connectivity index (χ0n) is 12.0. The van der Waals surface area contributed by atoms with Gasteiger partial charge in [-0.3, -0.25) is 0 Å². The van der Waals surface area contributed by atoms with Gasteiger partial charge < -0.3 is 5.32 Å². The first-order chi connectivity index (χ1) is 9.25. The number of benzene rings is 1. The summed E-state index contributed by atoms with van der Waals surface area (Å²) in [4.78, 5) is 0. The van der Waals surface area contributed by atoms with Gasteiger partial charge in [-0.1, -0.05) is 22.9 Å². The average Bonchev–Trinajstić information content (AvgIpc) is 2.36. The van der Waals surface area contributed by atoms with Crippen molar-refractivity contribution in [3.63, 3.8) is 0 Å². The molecule has 0 spiro atoms. The molecule has 0 bridgehead atoms. The lowest BCUT2D eigenvalue weighted by molar-refractivity contribution is 0.473. The molecule has 0 saturated carbocycles. The van der Waals surface area contributed by atoms with Gasteiger partial charge in [0.05, 0.1) is 5.25 Å². The Balaban J connectivity index is 2.97. The molecule has 20 heavy (non-hydrogen) atoms. The lowest BCUT2D eigenvalue weighted by Gasteiger charge is -2.24. The van der Waals surface area contributed by atoms with Crippen LogP contribution in [0.5, 0.6) is 0 Å². The van der Waals surface area contributed by atoms with Crippen LogP contribution in [0.3, 0.4) is 0 Å². The Kier molecular flexibility index (Phi) is 6.61. The van der Waals surface area contributed by atoms with Crippen LogP contribution in [0.4, 0.5) is 4.39 Å². The van der Waals surface area contributed by atoms with Gasteiger partial charge in [-0.15, -0.1) is 0 Å². The van der Waals surface area contributed by atoms with E-state index in [1.54, 1.807) is 19.1 Å². The summed E-state index contributed by atoms with van der Waals surface area (Å²) in [5, 5.41) is 2.65. The van der Waals surface area contributed by atoms with Gasteiger partial charge in [-0.2, -0.15) is 0 Å². The second-order valence-corrected chi connectivity index (χ2v) is 8.35. The van der Waals surface area contributed by atoms with Gasteiger partial charge in [0, 0.05) is 16.8 Å². The standard InChI is InChI=1S/C14H21BrFNO2S/c1-4-7-17-14(10(2)20(3,18)19)9-11-8-12(15)5-6-13(11)16/h5-6,8,10,14,17H,4,7,9H2,1-3H3. The molecule has 0 radical (unpaired) electrons. The third-order valence-corrected chi connectivity index (χ3v) is 5.52. The molecule has 1 N–H and O–H groups in total. The number of halogens is 2. The fraction of sp³-hybridized carbons (Fsp3) is 0.571. The summed E-state index contributed by atoms with van der Waals surface area (Å²) >= 11 is 3.31. The summed E-state index contributed by atoms with van der Waals surface area (Å²) in [6.07, 6.45) is 2.46. The molecule has 1 aromatic carbocycles. The molecular weight excluding hydrogens is 345 g/mol. The number of hydrogen-bond donors (Lipinski definition) is 1. The highest BCUT2D eigenvalue weighted by Crippen LogP contribution is 2.19. The Morgan fingerprint density at radius 2 is 2.05 bits per heavy atom. The van der Waals surface area contributed by atoms with Gasteiger partial charge in [0.1, 0.15) is 5.82 Å². The molecule has 0 aliphatic heterocycles. The van der Waals surface area contributed by atoms with E-state index in [0.717, 1.165) is 10.9 Å². The van der Waals surface area contributed by atoms with E-state index in [2.05, 4.69) is 21.2 Å². The van der Waals surface area contributed by atoms with Crippen molar-refractivity contribution < 1.29 is 12.8 Å². The Labute approximate surface area is 129 Å². The van der Waals surface area contributed by atoms with Crippen molar-refractivity contribution in [2.75, 3.05) is 12.8 Å². The molecule has 0 fully saturated rings. The van der Waals surface area contributed by atoms with Crippen LogP contribution >= 0.6 is 15.9 Å². The van der Waals surface area contributed by atoms with Gasteiger partial charge >= 0.3 is 0 Å². The molecule has 0 aromatic heterocycles. The number of rotatable bonds is 7. The maximum Gasteiger partial charge on any atom is 0.151 e. The van der Waals surface area contributed by atoms with Crippen LogP contribution in [-0.2, 0) is 16.3 Å². The monoisotopic (exact) mass is 365 g/mol. The summed E-state index contributed by atoms with van der Waals surface area (Å²) in [5.74, 6) is -0.308. The van der Waals surface area contributed by atoms with Crippen LogP contribution in [0, 0.1) is 5.82 Å². The quantitative estimate of drug-likeness (QED) is 0.807. The van der Waals surface area contributed by atoms with Crippen molar-refractivity contribution in [2.24, 2.45) is 0 Å².